The summed E-state index contributed by atoms with van der Waals surface area (Å²) in [6, 6.07) is 0. The first-order valence-electron chi connectivity index (χ1n) is 4.80. The van der Waals surface area contributed by atoms with Gasteiger partial charge in [0.05, 0.1) is 4.75 Å². The van der Waals surface area contributed by atoms with Gasteiger partial charge in [-0.3, -0.25) is 4.79 Å². The van der Waals surface area contributed by atoms with Gasteiger partial charge in [0.15, 0.2) is 0 Å². The van der Waals surface area contributed by atoms with E-state index >= 15 is 0 Å². The molecule has 2 nitrogen and oxygen atoms in total. The predicted molar refractivity (Wildman–Crippen MR) is 58.0 cm³/mol. The van der Waals surface area contributed by atoms with Crippen molar-refractivity contribution in [3.05, 3.63) is 0 Å². The van der Waals surface area contributed by atoms with Crippen molar-refractivity contribution in [2.24, 2.45) is 0 Å². The summed E-state index contributed by atoms with van der Waals surface area (Å²) < 4.78 is -0.173. The van der Waals surface area contributed by atoms with Crippen molar-refractivity contribution in [1.82, 2.24) is 5.32 Å². The second-order valence-corrected chi connectivity index (χ2v) is 6.48. The molecule has 0 aromatic carbocycles. The van der Waals surface area contributed by atoms with Crippen LogP contribution in [0.5, 0.6) is 0 Å². The number of thioether (sulfide) groups is 1. The normalized spacial score (nSPS) is 28.9. The largest absolute Gasteiger partial charge is 0.350 e. The minimum Gasteiger partial charge on any atom is -0.350 e. The summed E-state index contributed by atoms with van der Waals surface area (Å²) in [6.45, 7) is 8.11. The van der Waals surface area contributed by atoms with Crippen LogP contribution in [0.25, 0.3) is 0 Å². The van der Waals surface area contributed by atoms with Gasteiger partial charge in [0.2, 0.25) is 5.91 Å². The van der Waals surface area contributed by atoms with Gasteiger partial charge in [-0.15, -0.1) is 11.8 Å². The zero-order valence-corrected chi connectivity index (χ0v) is 9.75. The van der Waals surface area contributed by atoms with Crippen LogP contribution in [-0.4, -0.2) is 21.9 Å². The second-order valence-electron chi connectivity index (χ2n) is 4.89. The van der Waals surface area contributed by atoms with Crippen molar-refractivity contribution >= 4 is 17.7 Å². The van der Waals surface area contributed by atoms with Crippen LogP contribution >= 0.6 is 11.8 Å². The molecule has 0 aromatic rings. The fourth-order valence-electron chi connectivity index (χ4n) is 1.43. The molecule has 76 valence electrons. The molecule has 1 aliphatic heterocycles. The third-order valence-corrected chi connectivity index (χ3v) is 3.71. The van der Waals surface area contributed by atoms with E-state index in [1.54, 1.807) is 11.8 Å². The highest BCUT2D eigenvalue weighted by atomic mass is 32.2. The van der Waals surface area contributed by atoms with Crippen LogP contribution in [0.3, 0.4) is 0 Å². The number of hydrogen-bond donors (Lipinski definition) is 1. The number of carbonyl (C=O) groups excluding carboxylic acids is 1. The highest BCUT2D eigenvalue weighted by molar-refractivity contribution is 8.01. The molecule has 13 heavy (non-hydrogen) atoms. The van der Waals surface area contributed by atoms with E-state index in [2.05, 4.69) is 5.32 Å². The van der Waals surface area contributed by atoms with E-state index in [4.69, 9.17) is 0 Å². The Balaban J connectivity index is 2.57. The van der Waals surface area contributed by atoms with E-state index < -0.39 is 0 Å². The fourth-order valence-corrected chi connectivity index (χ4v) is 2.64. The van der Waals surface area contributed by atoms with Gasteiger partial charge in [0.1, 0.15) is 0 Å². The molecule has 0 radical (unpaired) electrons. The molecule has 1 N–H and O–H groups in total. The van der Waals surface area contributed by atoms with E-state index in [9.17, 15) is 4.79 Å². The van der Waals surface area contributed by atoms with Crippen molar-refractivity contribution in [3.63, 3.8) is 0 Å². The first-order chi connectivity index (χ1) is 5.83. The van der Waals surface area contributed by atoms with Gasteiger partial charge in [-0.25, -0.2) is 0 Å². The highest BCUT2D eigenvalue weighted by Crippen LogP contribution is 2.38. The van der Waals surface area contributed by atoms with E-state index in [1.807, 2.05) is 27.7 Å². The molecular formula is C10H19NOS. The van der Waals surface area contributed by atoms with Gasteiger partial charge in [-0.05, 0) is 46.3 Å². The highest BCUT2D eigenvalue weighted by Gasteiger charge is 2.38. The zero-order chi connectivity index (χ0) is 10.1. The van der Waals surface area contributed by atoms with Crippen molar-refractivity contribution in [2.75, 3.05) is 5.75 Å². The molecule has 0 aromatic heterocycles. The molecule has 0 aliphatic carbocycles. The average Bonchev–Trinajstić information content (AvgIpc) is 2.33. The molecule has 1 heterocycles. The van der Waals surface area contributed by atoms with Crippen molar-refractivity contribution < 1.29 is 4.79 Å². The predicted octanol–water partition coefficient (Wildman–Crippen LogP) is 2.19. The molecule has 0 spiro atoms. The number of nitrogens with one attached hydrogen (secondary N) is 1. The summed E-state index contributed by atoms with van der Waals surface area (Å²) >= 11 is 1.78. The van der Waals surface area contributed by atoms with Gasteiger partial charge in [0.25, 0.3) is 0 Å². The van der Waals surface area contributed by atoms with Gasteiger partial charge >= 0.3 is 0 Å². The number of hydrogen-bond acceptors (Lipinski definition) is 2. The zero-order valence-electron chi connectivity index (χ0n) is 8.94. The van der Waals surface area contributed by atoms with E-state index in [0.29, 0.717) is 0 Å². The summed E-state index contributed by atoms with van der Waals surface area (Å²) in [6.07, 6.45) is 2.18. The average molecular weight is 201 g/mol. The van der Waals surface area contributed by atoms with Crippen molar-refractivity contribution in [2.45, 2.75) is 50.8 Å². The minimum absolute atomic E-state index is 0.108. The van der Waals surface area contributed by atoms with Crippen molar-refractivity contribution in [3.8, 4) is 0 Å². The molecule has 1 atom stereocenters. The first-order valence-corrected chi connectivity index (χ1v) is 5.79. The lowest BCUT2D eigenvalue weighted by atomic mass is 10.0. The molecule has 1 fully saturated rings. The van der Waals surface area contributed by atoms with Crippen LogP contribution in [0, 0.1) is 0 Å². The molecule has 1 amide bonds. The lowest BCUT2D eigenvalue weighted by molar-refractivity contribution is -0.124. The van der Waals surface area contributed by atoms with E-state index in [1.165, 1.54) is 6.42 Å². The maximum atomic E-state index is 11.9. The van der Waals surface area contributed by atoms with Gasteiger partial charge in [-0.2, -0.15) is 0 Å². The summed E-state index contributed by atoms with van der Waals surface area (Å²) in [5.41, 5.74) is -0.108. The lowest BCUT2D eigenvalue weighted by Gasteiger charge is -2.28. The summed E-state index contributed by atoms with van der Waals surface area (Å²) in [5.74, 6) is 1.32. The molecule has 1 rings (SSSR count). The quantitative estimate of drug-likeness (QED) is 0.704. The SMILES string of the molecule is CC(C)(C)NC(=O)C1(C)CCCS1. The Hall–Kier alpha value is -0.180. The molecular weight excluding hydrogens is 182 g/mol. The number of amides is 1. The topological polar surface area (TPSA) is 29.1 Å². The van der Waals surface area contributed by atoms with Gasteiger partial charge in [-0.1, -0.05) is 0 Å². The van der Waals surface area contributed by atoms with Crippen LogP contribution in [-0.2, 0) is 4.79 Å². The van der Waals surface area contributed by atoms with Crippen LogP contribution in [0.15, 0.2) is 0 Å². The lowest BCUT2D eigenvalue weighted by Crippen LogP contribution is -2.49. The molecule has 1 unspecified atom stereocenters. The van der Waals surface area contributed by atoms with Crippen LogP contribution in [0.1, 0.15) is 40.5 Å². The first kappa shape index (κ1) is 10.9. The Kier molecular flexibility index (Phi) is 2.95. The van der Waals surface area contributed by atoms with Gasteiger partial charge in [0, 0.05) is 5.54 Å². The Labute approximate surface area is 84.9 Å². The summed E-state index contributed by atoms with van der Waals surface area (Å²) in [5, 5.41) is 3.04. The number of carbonyl (C=O) groups is 1. The van der Waals surface area contributed by atoms with E-state index in [0.717, 1.165) is 12.2 Å². The molecule has 0 bridgehead atoms. The third-order valence-electron chi connectivity index (χ3n) is 2.19. The third kappa shape index (κ3) is 2.90. The summed E-state index contributed by atoms with van der Waals surface area (Å²) in [4.78, 5) is 11.9. The van der Waals surface area contributed by atoms with Crippen LogP contribution in [0.4, 0.5) is 0 Å². The minimum atomic E-state index is -0.173. The van der Waals surface area contributed by atoms with Crippen LogP contribution < -0.4 is 5.32 Å². The van der Waals surface area contributed by atoms with Gasteiger partial charge < -0.3 is 5.32 Å². The Bertz CT molecular complexity index is 201. The molecule has 1 saturated heterocycles. The van der Waals surface area contributed by atoms with E-state index in [-0.39, 0.29) is 16.2 Å². The molecule has 0 saturated carbocycles. The maximum Gasteiger partial charge on any atom is 0.236 e. The summed E-state index contributed by atoms with van der Waals surface area (Å²) in [7, 11) is 0. The second kappa shape index (κ2) is 3.52. The Morgan fingerprint density at radius 3 is 2.46 bits per heavy atom. The maximum absolute atomic E-state index is 11.9. The smallest absolute Gasteiger partial charge is 0.236 e. The standard InChI is InChI=1S/C10H19NOS/c1-9(2,3)11-8(12)10(4)6-5-7-13-10/h5-7H2,1-4H3,(H,11,12). The fraction of sp³-hybridized carbons (Fsp3) is 0.900. The Morgan fingerprint density at radius 2 is 2.08 bits per heavy atom. The van der Waals surface area contributed by atoms with Crippen LogP contribution in [0.2, 0.25) is 0 Å². The molecule has 1 aliphatic rings. The molecule has 3 heteroatoms. The Morgan fingerprint density at radius 1 is 1.46 bits per heavy atom. The monoisotopic (exact) mass is 201 g/mol. The van der Waals surface area contributed by atoms with Crippen molar-refractivity contribution in [1.29, 1.82) is 0 Å². The number of rotatable bonds is 1.